The van der Waals surface area contributed by atoms with E-state index in [0.717, 1.165) is 11.5 Å². The molecule has 4 N–H and O–H groups in total. The Morgan fingerprint density at radius 3 is 2.35 bits per heavy atom. The lowest BCUT2D eigenvalue weighted by atomic mass is 10.0. The van der Waals surface area contributed by atoms with Crippen molar-refractivity contribution in [3.63, 3.8) is 0 Å². The van der Waals surface area contributed by atoms with Crippen LogP contribution in [0.3, 0.4) is 0 Å². The van der Waals surface area contributed by atoms with Gasteiger partial charge in [0.1, 0.15) is 5.82 Å². The van der Waals surface area contributed by atoms with Gasteiger partial charge in [-0.25, -0.2) is 0 Å². The summed E-state index contributed by atoms with van der Waals surface area (Å²) in [4.78, 5) is 0. The predicted octanol–water partition coefficient (Wildman–Crippen LogP) is 1.55. The van der Waals surface area contributed by atoms with Gasteiger partial charge in [-0.2, -0.15) is 5.10 Å². The molecule has 0 spiro atoms. The van der Waals surface area contributed by atoms with Crippen LogP contribution in [0, 0.1) is 5.92 Å². The number of nitrogen functional groups attached to an aromatic ring is 1. The van der Waals surface area contributed by atoms with Gasteiger partial charge < -0.3 is 16.2 Å². The number of anilines is 2. The molecule has 0 bridgehead atoms. The minimum absolute atomic E-state index is 0.151. The number of aromatic nitrogens is 2. The molecule has 2 unspecified atom stereocenters. The second-order valence-corrected chi connectivity index (χ2v) is 5.02. The highest BCUT2D eigenvalue weighted by Gasteiger charge is 2.19. The van der Waals surface area contributed by atoms with Crippen molar-refractivity contribution in [2.45, 2.75) is 39.7 Å². The molecule has 98 valence electrons. The average molecular weight is 240 g/mol. The zero-order valence-corrected chi connectivity index (χ0v) is 11.4. The normalized spacial score (nSPS) is 15.0. The molecule has 0 aromatic carbocycles. The summed E-state index contributed by atoms with van der Waals surface area (Å²) in [5.74, 6) is 1.32. The van der Waals surface area contributed by atoms with Crippen LogP contribution in [-0.4, -0.2) is 27.5 Å². The first-order valence-corrected chi connectivity index (χ1v) is 6.08. The number of aryl methyl sites for hydroxylation is 1. The van der Waals surface area contributed by atoms with Gasteiger partial charge in [0.05, 0.1) is 11.4 Å². The molecule has 1 rings (SSSR count). The first-order valence-electron chi connectivity index (χ1n) is 6.08. The summed E-state index contributed by atoms with van der Waals surface area (Å²) in [7, 11) is 1.88. The second kappa shape index (κ2) is 5.40. The molecule has 0 fully saturated rings. The molecule has 1 aromatic heterocycles. The van der Waals surface area contributed by atoms with Crippen molar-refractivity contribution in [1.82, 2.24) is 9.78 Å². The Morgan fingerprint density at radius 2 is 1.94 bits per heavy atom. The van der Waals surface area contributed by atoms with Crippen molar-refractivity contribution in [3.05, 3.63) is 5.69 Å². The molecule has 0 amide bonds. The molecule has 0 radical (unpaired) electrons. The number of hydrogen-bond acceptors (Lipinski definition) is 4. The van der Waals surface area contributed by atoms with Gasteiger partial charge >= 0.3 is 0 Å². The maximum atomic E-state index is 9.12. The molecule has 17 heavy (non-hydrogen) atoms. The molecular weight excluding hydrogens is 216 g/mol. The monoisotopic (exact) mass is 240 g/mol. The Balaban J connectivity index is 2.92. The van der Waals surface area contributed by atoms with Crippen LogP contribution >= 0.6 is 0 Å². The van der Waals surface area contributed by atoms with Crippen LogP contribution in [-0.2, 0) is 7.05 Å². The summed E-state index contributed by atoms with van der Waals surface area (Å²) in [6.45, 7) is 8.32. The van der Waals surface area contributed by atoms with Crippen LogP contribution < -0.4 is 11.1 Å². The van der Waals surface area contributed by atoms with Crippen molar-refractivity contribution in [3.8, 4) is 0 Å². The van der Waals surface area contributed by atoms with Gasteiger partial charge in [-0.15, -0.1) is 0 Å². The van der Waals surface area contributed by atoms with E-state index in [1.807, 2.05) is 20.9 Å². The highest BCUT2D eigenvalue weighted by molar-refractivity contribution is 5.66. The summed E-state index contributed by atoms with van der Waals surface area (Å²) in [5, 5.41) is 16.9. The fourth-order valence-corrected chi connectivity index (χ4v) is 1.67. The predicted molar refractivity (Wildman–Crippen MR) is 71.0 cm³/mol. The Bertz CT molecular complexity index is 373. The molecule has 1 heterocycles. The van der Waals surface area contributed by atoms with Crippen LogP contribution in [0.5, 0.6) is 0 Å². The van der Waals surface area contributed by atoms with Crippen LogP contribution in [0.2, 0.25) is 0 Å². The van der Waals surface area contributed by atoms with E-state index in [4.69, 9.17) is 10.8 Å². The molecule has 5 nitrogen and oxygen atoms in total. The van der Waals surface area contributed by atoms with Gasteiger partial charge in [-0.05, 0) is 18.8 Å². The number of nitrogens with one attached hydrogen (secondary N) is 1. The van der Waals surface area contributed by atoms with E-state index >= 15 is 0 Å². The number of hydrogen-bond donors (Lipinski definition) is 3. The molecule has 0 aliphatic carbocycles. The van der Waals surface area contributed by atoms with E-state index < -0.39 is 0 Å². The van der Waals surface area contributed by atoms with Crippen LogP contribution in [0.25, 0.3) is 0 Å². The molecular formula is C12H24N4O. The molecule has 2 atom stereocenters. The van der Waals surface area contributed by atoms with Crippen LogP contribution in [0.15, 0.2) is 0 Å². The van der Waals surface area contributed by atoms with Gasteiger partial charge in [-0.1, -0.05) is 20.8 Å². The lowest BCUT2D eigenvalue weighted by molar-refractivity contribution is 0.226. The Hall–Kier alpha value is -1.23. The summed E-state index contributed by atoms with van der Waals surface area (Å²) in [6.07, 6.45) is 0. The number of aliphatic hydroxyl groups excluding tert-OH is 1. The van der Waals surface area contributed by atoms with E-state index in [9.17, 15) is 0 Å². The number of nitrogens with two attached hydrogens (primary N) is 1. The minimum Gasteiger partial charge on any atom is -0.396 e. The van der Waals surface area contributed by atoms with E-state index in [2.05, 4.69) is 24.3 Å². The summed E-state index contributed by atoms with van der Waals surface area (Å²) in [5.41, 5.74) is 7.71. The fraction of sp³-hybridized carbons (Fsp3) is 0.750. The van der Waals surface area contributed by atoms with E-state index in [-0.39, 0.29) is 18.6 Å². The van der Waals surface area contributed by atoms with E-state index in [1.54, 1.807) is 4.68 Å². The van der Waals surface area contributed by atoms with Gasteiger partial charge in [0.25, 0.3) is 0 Å². The Labute approximate surface area is 103 Å². The average Bonchev–Trinajstić information content (AvgIpc) is 2.55. The number of aliphatic hydroxyl groups is 1. The first kappa shape index (κ1) is 13.8. The van der Waals surface area contributed by atoms with Crippen molar-refractivity contribution < 1.29 is 5.11 Å². The van der Waals surface area contributed by atoms with Crippen molar-refractivity contribution in [2.24, 2.45) is 13.0 Å². The molecule has 0 aliphatic rings. The van der Waals surface area contributed by atoms with E-state index in [0.29, 0.717) is 11.6 Å². The summed E-state index contributed by atoms with van der Waals surface area (Å²) >= 11 is 0. The molecule has 0 saturated carbocycles. The molecule has 5 heteroatoms. The lowest BCUT2D eigenvalue weighted by Crippen LogP contribution is -2.27. The smallest absolute Gasteiger partial charge is 0.148 e. The Morgan fingerprint density at radius 1 is 1.35 bits per heavy atom. The highest BCUT2D eigenvalue weighted by Crippen LogP contribution is 2.28. The van der Waals surface area contributed by atoms with Gasteiger partial charge in [-0.3, -0.25) is 4.68 Å². The Kier molecular flexibility index (Phi) is 4.40. The largest absolute Gasteiger partial charge is 0.396 e. The fourth-order valence-electron chi connectivity index (χ4n) is 1.67. The lowest BCUT2D eigenvalue weighted by Gasteiger charge is -2.20. The van der Waals surface area contributed by atoms with Crippen LogP contribution in [0.1, 0.15) is 39.3 Å². The maximum Gasteiger partial charge on any atom is 0.148 e. The van der Waals surface area contributed by atoms with Crippen molar-refractivity contribution in [1.29, 1.82) is 0 Å². The number of rotatable bonds is 5. The zero-order chi connectivity index (χ0) is 13.2. The highest BCUT2D eigenvalue weighted by atomic mass is 16.3. The zero-order valence-electron chi connectivity index (χ0n) is 11.4. The summed E-state index contributed by atoms with van der Waals surface area (Å²) < 4.78 is 1.77. The second-order valence-electron chi connectivity index (χ2n) is 5.02. The third-order valence-corrected chi connectivity index (χ3v) is 3.17. The topological polar surface area (TPSA) is 76.1 Å². The molecule has 0 aliphatic heterocycles. The molecule has 1 aromatic rings. The SMILES string of the molecule is CC(C)c1nn(C)c(NC(C)C(C)CO)c1N. The third kappa shape index (κ3) is 2.91. The first-order chi connectivity index (χ1) is 7.88. The maximum absolute atomic E-state index is 9.12. The standard InChI is InChI=1S/C12H24N4O/c1-7(2)11-10(13)12(16(5)15-11)14-9(4)8(3)6-17/h7-9,14,17H,6,13H2,1-5H3. The van der Waals surface area contributed by atoms with Crippen molar-refractivity contribution in [2.75, 3.05) is 17.7 Å². The van der Waals surface area contributed by atoms with Crippen LogP contribution in [0.4, 0.5) is 11.5 Å². The van der Waals surface area contributed by atoms with Gasteiger partial charge in [0.15, 0.2) is 0 Å². The van der Waals surface area contributed by atoms with Crippen molar-refractivity contribution >= 4 is 11.5 Å². The number of nitrogens with zero attached hydrogens (tertiary/aromatic N) is 2. The minimum atomic E-state index is 0.151. The van der Waals surface area contributed by atoms with Gasteiger partial charge in [0.2, 0.25) is 0 Å². The summed E-state index contributed by atoms with van der Waals surface area (Å²) in [6, 6.07) is 0.151. The van der Waals surface area contributed by atoms with E-state index in [1.165, 1.54) is 0 Å². The quantitative estimate of drug-likeness (QED) is 0.730. The third-order valence-electron chi connectivity index (χ3n) is 3.17. The molecule has 0 saturated heterocycles. The van der Waals surface area contributed by atoms with Gasteiger partial charge in [0, 0.05) is 19.7 Å².